The van der Waals surface area contributed by atoms with Gasteiger partial charge < -0.3 is 5.32 Å². The van der Waals surface area contributed by atoms with Crippen LogP contribution in [-0.4, -0.2) is 27.0 Å². The SMILES string of the molecule is CSc1ccc(Cc2sc(NC(C)=O)nc2C=Cc2ccc([N+](=O)[O-])c([N+](=O)[O-])c2)cc1. The molecule has 0 aliphatic carbocycles. The van der Waals surface area contributed by atoms with Crippen molar-refractivity contribution >= 4 is 57.7 Å². The largest absolute Gasteiger partial charge is 0.346 e. The minimum Gasteiger partial charge on any atom is -0.302 e. The Morgan fingerprint density at radius 1 is 1.09 bits per heavy atom. The lowest BCUT2D eigenvalue weighted by molar-refractivity contribution is -0.422. The molecule has 1 aromatic heterocycles. The molecule has 0 saturated heterocycles. The minimum atomic E-state index is -0.786. The molecule has 32 heavy (non-hydrogen) atoms. The molecule has 0 unspecified atom stereocenters. The van der Waals surface area contributed by atoms with Gasteiger partial charge >= 0.3 is 11.4 Å². The minimum absolute atomic E-state index is 0.240. The number of thioether (sulfide) groups is 1. The van der Waals surface area contributed by atoms with Crippen molar-refractivity contribution in [3.63, 3.8) is 0 Å². The third-order valence-corrected chi connectivity index (χ3v) is 6.09. The van der Waals surface area contributed by atoms with Gasteiger partial charge in [0.05, 0.1) is 15.5 Å². The number of anilines is 1. The number of carbonyl (C=O) groups is 1. The van der Waals surface area contributed by atoms with Gasteiger partial charge in [0, 0.05) is 35.2 Å². The molecule has 3 rings (SSSR count). The first-order valence-corrected chi connectivity index (χ1v) is 11.3. The highest BCUT2D eigenvalue weighted by Gasteiger charge is 2.23. The first-order chi connectivity index (χ1) is 15.3. The third-order valence-electron chi connectivity index (χ3n) is 4.36. The Kier molecular flexibility index (Phi) is 7.33. The summed E-state index contributed by atoms with van der Waals surface area (Å²) in [6.07, 6.45) is 5.87. The Balaban J connectivity index is 1.93. The zero-order valence-electron chi connectivity index (χ0n) is 17.1. The van der Waals surface area contributed by atoms with Gasteiger partial charge in [0.25, 0.3) is 0 Å². The van der Waals surface area contributed by atoms with Crippen LogP contribution in [0.15, 0.2) is 47.4 Å². The fraction of sp³-hybridized carbons (Fsp3) is 0.143. The molecular formula is C21H18N4O5S2. The maximum absolute atomic E-state index is 11.4. The molecule has 1 heterocycles. The summed E-state index contributed by atoms with van der Waals surface area (Å²) in [5, 5.41) is 25.3. The molecule has 0 aliphatic heterocycles. The van der Waals surface area contributed by atoms with Crippen molar-refractivity contribution in [3.05, 3.63) is 84.4 Å². The van der Waals surface area contributed by atoms with E-state index >= 15 is 0 Å². The summed E-state index contributed by atoms with van der Waals surface area (Å²) in [5.41, 5.74) is 0.952. The number of hydrogen-bond acceptors (Lipinski definition) is 8. The number of carbonyl (C=O) groups excluding carboxylic acids is 1. The van der Waals surface area contributed by atoms with Crippen LogP contribution in [0.2, 0.25) is 0 Å². The molecule has 0 saturated carbocycles. The van der Waals surface area contributed by atoms with Crippen molar-refractivity contribution in [1.29, 1.82) is 0 Å². The second-order valence-corrected chi connectivity index (χ2v) is 8.59. The van der Waals surface area contributed by atoms with Crippen LogP contribution in [0.3, 0.4) is 0 Å². The normalized spacial score (nSPS) is 10.9. The number of nitro benzene ring substituents is 2. The van der Waals surface area contributed by atoms with Crippen molar-refractivity contribution in [2.45, 2.75) is 18.2 Å². The van der Waals surface area contributed by atoms with E-state index in [2.05, 4.69) is 10.3 Å². The molecule has 1 N–H and O–H groups in total. The lowest BCUT2D eigenvalue weighted by Gasteiger charge is -2.02. The average molecular weight is 471 g/mol. The van der Waals surface area contributed by atoms with Crippen molar-refractivity contribution in [2.24, 2.45) is 0 Å². The molecule has 1 amide bonds. The summed E-state index contributed by atoms with van der Waals surface area (Å²) >= 11 is 3.00. The van der Waals surface area contributed by atoms with E-state index in [0.29, 0.717) is 22.8 Å². The quantitative estimate of drug-likeness (QED) is 0.265. The van der Waals surface area contributed by atoms with Gasteiger partial charge in [0.1, 0.15) is 0 Å². The number of hydrogen-bond donors (Lipinski definition) is 1. The maximum atomic E-state index is 11.4. The summed E-state index contributed by atoms with van der Waals surface area (Å²) in [6.45, 7) is 1.40. The first kappa shape index (κ1) is 23.1. The molecule has 9 nitrogen and oxygen atoms in total. The molecular weight excluding hydrogens is 452 g/mol. The molecule has 164 valence electrons. The second kappa shape index (κ2) is 10.2. The van der Waals surface area contributed by atoms with Gasteiger partial charge in [-0.3, -0.25) is 25.0 Å². The van der Waals surface area contributed by atoms with Crippen molar-refractivity contribution in [2.75, 3.05) is 11.6 Å². The van der Waals surface area contributed by atoms with E-state index in [1.165, 1.54) is 24.3 Å². The van der Waals surface area contributed by atoms with Crippen molar-refractivity contribution < 1.29 is 14.6 Å². The molecule has 0 aliphatic rings. The van der Waals surface area contributed by atoms with E-state index in [4.69, 9.17) is 0 Å². The summed E-state index contributed by atoms with van der Waals surface area (Å²) in [7, 11) is 0. The van der Waals surface area contributed by atoms with Crippen LogP contribution in [0, 0.1) is 20.2 Å². The first-order valence-electron chi connectivity index (χ1n) is 9.28. The molecule has 0 atom stereocenters. The Morgan fingerprint density at radius 2 is 1.78 bits per heavy atom. The molecule has 3 aromatic rings. The van der Waals surface area contributed by atoms with E-state index in [1.807, 2.05) is 30.5 Å². The number of nitrogens with zero attached hydrogens (tertiary/aromatic N) is 3. The highest BCUT2D eigenvalue weighted by Crippen LogP contribution is 2.30. The van der Waals surface area contributed by atoms with E-state index in [-0.39, 0.29) is 5.91 Å². The Bertz CT molecular complexity index is 1210. The Labute approximate surface area is 191 Å². The van der Waals surface area contributed by atoms with Gasteiger partial charge in [-0.05, 0) is 41.7 Å². The average Bonchev–Trinajstić information content (AvgIpc) is 3.12. The van der Waals surface area contributed by atoms with Crippen LogP contribution in [0.4, 0.5) is 16.5 Å². The molecule has 0 radical (unpaired) electrons. The molecule has 2 aromatic carbocycles. The van der Waals surface area contributed by atoms with Crippen LogP contribution in [0.1, 0.15) is 28.6 Å². The van der Waals surface area contributed by atoms with Gasteiger partial charge in [-0.1, -0.05) is 18.2 Å². The number of benzene rings is 2. The van der Waals surface area contributed by atoms with Crippen LogP contribution in [0.25, 0.3) is 12.2 Å². The number of aromatic nitrogens is 1. The standard InChI is InChI=1S/C21H18N4O5S2/c1-13(26)22-21-23-17(20(32-21)12-15-3-7-16(31-2)8-4-15)9-5-14-6-10-18(24(27)28)19(11-14)25(29)30/h3-11H,12H2,1-2H3,(H,22,23,26). The lowest BCUT2D eigenvalue weighted by Crippen LogP contribution is -2.04. The van der Waals surface area contributed by atoms with Crippen molar-refractivity contribution in [1.82, 2.24) is 4.98 Å². The lowest BCUT2D eigenvalue weighted by atomic mass is 10.1. The summed E-state index contributed by atoms with van der Waals surface area (Å²) in [6, 6.07) is 11.8. The fourth-order valence-corrected chi connectivity index (χ4v) is 4.31. The van der Waals surface area contributed by atoms with E-state index < -0.39 is 21.2 Å². The smallest absolute Gasteiger partial charge is 0.302 e. The van der Waals surface area contributed by atoms with E-state index in [0.717, 1.165) is 27.5 Å². The van der Waals surface area contributed by atoms with Crippen LogP contribution in [0.5, 0.6) is 0 Å². The van der Waals surface area contributed by atoms with Crippen LogP contribution in [-0.2, 0) is 11.2 Å². The van der Waals surface area contributed by atoms with Crippen LogP contribution < -0.4 is 5.32 Å². The predicted molar refractivity (Wildman–Crippen MR) is 126 cm³/mol. The van der Waals surface area contributed by atoms with E-state index in [1.54, 1.807) is 23.9 Å². The zero-order chi connectivity index (χ0) is 23.3. The zero-order valence-corrected chi connectivity index (χ0v) is 18.7. The molecule has 0 fully saturated rings. The fourth-order valence-electron chi connectivity index (χ4n) is 2.87. The molecule has 0 bridgehead atoms. The Morgan fingerprint density at radius 3 is 2.38 bits per heavy atom. The summed E-state index contributed by atoms with van der Waals surface area (Å²) < 4.78 is 0. The third kappa shape index (κ3) is 5.77. The van der Waals surface area contributed by atoms with Gasteiger partial charge in [-0.2, -0.15) is 0 Å². The van der Waals surface area contributed by atoms with Gasteiger partial charge in [0.15, 0.2) is 5.13 Å². The van der Waals surface area contributed by atoms with Gasteiger partial charge in [-0.25, -0.2) is 4.98 Å². The van der Waals surface area contributed by atoms with Crippen LogP contribution >= 0.6 is 23.1 Å². The van der Waals surface area contributed by atoms with E-state index in [9.17, 15) is 25.0 Å². The maximum Gasteiger partial charge on any atom is 0.346 e. The number of amides is 1. The topological polar surface area (TPSA) is 128 Å². The number of nitrogens with one attached hydrogen (secondary N) is 1. The number of nitro groups is 2. The molecule has 11 heteroatoms. The monoisotopic (exact) mass is 470 g/mol. The summed E-state index contributed by atoms with van der Waals surface area (Å²) in [5.74, 6) is -0.240. The van der Waals surface area contributed by atoms with Crippen molar-refractivity contribution in [3.8, 4) is 0 Å². The molecule has 0 spiro atoms. The second-order valence-electron chi connectivity index (χ2n) is 6.63. The predicted octanol–water partition coefficient (Wildman–Crippen LogP) is 5.40. The van der Waals surface area contributed by atoms with Gasteiger partial charge in [-0.15, -0.1) is 23.1 Å². The Hall–Kier alpha value is -3.57. The van der Waals surface area contributed by atoms with Gasteiger partial charge in [0.2, 0.25) is 5.91 Å². The number of thiazole rings is 1. The number of rotatable bonds is 8. The summed E-state index contributed by atoms with van der Waals surface area (Å²) in [4.78, 5) is 38.6. The highest BCUT2D eigenvalue weighted by molar-refractivity contribution is 7.98. The highest BCUT2D eigenvalue weighted by atomic mass is 32.2.